The van der Waals surface area contributed by atoms with Crippen molar-refractivity contribution in [2.75, 3.05) is 27.6 Å². The first-order chi connectivity index (χ1) is 19.2. The van der Waals surface area contributed by atoms with Gasteiger partial charge in [0.05, 0.1) is 19.8 Å². The Labute approximate surface area is 238 Å². The Balaban J connectivity index is 2.15. The van der Waals surface area contributed by atoms with Gasteiger partial charge in [-0.25, -0.2) is 4.79 Å². The fourth-order valence-corrected chi connectivity index (χ4v) is 4.81. The number of allylic oxidation sites excluding steroid dienone is 1. The lowest BCUT2D eigenvalue weighted by molar-refractivity contribution is -0.175. The van der Waals surface area contributed by atoms with Crippen LogP contribution in [0.2, 0.25) is 0 Å². The summed E-state index contributed by atoms with van der Waals surface area (Å²) in [6, 6.07) is 8.58. The molecule has 0 aromatic heterocycles. The highest BCUT2D eigenvalue weighted by molar-refractivity contribution is 5.98. The van der Waals surface area contributed by atoms with Crippen molar-refractivity contribution in [3.8, 4) is 0 Å². The van der Waals surface area contributed by atoms with Crippen LogP contribution >= 0.6 is 0 Å². The molecule has 1 heterocycles. The van der Waals surface area contributed by atoms with Crippen molar-refractivity contribution in [2.24, 2.45) is 0 Å². The third-order valence-corrected chi connectivity index (χ3v) is 6.79. The average molecular weight is 562 g/mol. The second kappa shape index (κ2) is 17.3. The summed E-state index contributed by atoms with van der Waals surface area (Å²) in [5.74, 6) is -1.91. The smallest absolute Gasteiger partial charge is 0.336 e. The largest absolute Gasteiger partial charge is 0.467 e. The Bertz CT molecular complexity index is 948. The van der Waals surface area contributed by atoms with Crippen LogP contribution in [0.4, 0.5) is 0 Å². The Morgan fingerprint density at radius 1 is 1.00 bits per heavy atom. The van der Waals surface area contributed by atoms with E-state index in [-0.39, 0.29) is 13.4 Å². The van der Waals surface area contributed by atoms with Crippen molar-refractivity contribution in [1.29, 1.82) is 0 Å². The Morgan fingerprint density at radius 2 is 1.73 bits per heavy atom. The van der Waals surface area contributed by atoms with Gasteiger partial charge in [0, 0.05) is 25.5 Å². The van der Waals surface area contributed by atoms with Gasteiger partial charge in [0.15, 0.2) is 11.3 Å². The second-order valence-electron chi connectivity index (χ2n) is 10.6. The molecule has 40 heavy (non-hydrogen) atoms. The molecule has 9 nitrogen and oxygen atoms in total. The zero-order valence-corrected chi connectivity index (χ0v) is 24.7. The monoisotopic (exact) mass is 561 g/mol. The van der Waals surface area contributed by atoms with Crippen LogP contribution in [0, 0.1) is 0 Å². The van der Waals surface area contributed by atoms with Crippen molar-refractivity contribution < 1.29 is 38.1 Å². The number of Topliss-reactive ketones (excluding diaryl/α,β-unsaturated/α-hetero) is 1. The zero-order chi connectivity index (χ0) is 29.4. The lowest BCUT2D eigenvalue weighted by atomic mass is 9.87. The summed E-state index contributed by atoms with van der Waals surface area (Å²) in [4.78, 5) is 38.8. The number of hydrogen-bond donors (Lipinski definition) is 1. The molecule has 0 unspecified atom stereocenters. The van der Waals surface area contributed by atoms with Crippen LogP contribution in [0.1, 0.15) is 88.9 Å². The molecule has 1 amide bonds. The lowest BCUT2D eigenvalue weighted by Gasteiger charge is -2.37. The molecule has 0 bridgehead atoms. The third kappa shape index (κ3) is 10.4. The molecular weight excluding hydrogens is 514 g/mol. The van der Waals surface area contributed by atoms with Gasteiger partial charge in [0.2, 0.25) is 0 Å². The van der Waals surface area contributed by atoms with Gasteiger partial charge in [-0.1, -0.05) is 56.5 Å². The molecule has 0 aliphatic carbocycles. The molecule has 1 aliphatic rings. The molecule has 1 N–H and O–H groups in total. The topological polar surface area (TPSA) is 109 Å². The summed E-state index contributed by atoms with van der Waals surface area (Å²) in [7, 11) is 2.72. The maximum Gasteiger partial charge on any atom is 0.336 e. The molecule has 2 rings (SSSR count). The van der Waals surface area contributed by atoms with Crippen LogP contribution in [-0.4, -0.2) is 68.8 Å². The first kappa shape index (κ1) is 33.6. The molecule has 224 valence electrons. The second-order valence-corrected chi connectivity index (χ2v) is 10.6. The molecule has 1 aliphatic heterocycles. The van der Waals surface area contributed by atoms with Crippen LogP contribution in [0.5, 0.6) is 0 Å². The third-order valence-electron chi connectivity index (χ3n) is 6.79. The Hall–Kier alpha value is -2.59. The normalized spacial score (nSPS) is 19.8. The van der Waals surface area contributed by atoms with E-state index in [1.165, 1.54) is 20.6 Å². The summed E-state index contributed by atoms with van der Waals surface area (Å²) < 4.78 is 28.3. The SMILES string of the molecule is CCCCCCC(=O)CCC/C=C/C[C@H]1OC(C)(C)O[C@@H]1[C@](COCOC)(NC(=O)c1ccccc1)C(=O)OC. The van der Waals surface area contributed by atoms with Gasteiger partial charge in [-0.15, -0.1) is 0 Å². The predicted octanol–water partition coefficient (Wildman–Crippen LogP) is 5.12. The molecule has 1 aromatic carbocycles. The minimum absolute atomic E-state index is 0.0984. The maximum atomic E-state index is 13.4. The number of nitrogens with one attached hydrogen (secondary N) is 1. The van der Waals surface area contributed by atoms with Crippen molar-refractivity contribution >= 4 is 17.7 Å². The van der Waals surface area contributed by atoms with E-state index in [1.807, 2.05) is 12.2 Å². The van der Waals surface area contributed by atoms with Gasteiger partial charge in [0.25, 0.3) is 5.91 Å². The number of carbonyl (C=O) groups excluding carboxylic acids is 3. The molecule has 1 fully saturated rings. The van der Waals surface area contributed by atoms with E-state index >= 15 is 0 Å². The Kier molecular flexibility index (Phi) is 14.5. The fraction of sp³-hybridized carbons (Fsp3) is 0.645. The van der Waals surface area contributed by atoms with E-state index in [4.69, 9.17) is 23.7 Å². The summed E-state index contributed by atoms with van der Waals surface area (Å²) >= 11 is 0. The molecule has 1 aromatic rings. The van der Waals surface area contributed by atoms with E-state index < -0.39 is 35.4 Å². The summed E-state index contributed by atoms with van der Waals surface area (Å²) in [6.45, 7) is 5.32. The molecular formula is C31H47NO8. The van der Waals surface area contributed by atoms with Crippen molar-refractivity contribution in [3.05, 3.63) is 48.0 Å². The number of ketones is 1. The van der Waals surface area contributed by atoms with E-state index in [0.29, 0.717) is 30.6 Å². The highest BCUT2D eigenvalue weighted by Gasteiger charge is 2.58. The summed E-state index contributed by atoms with van der Waals surface area (Å²) in [6.07, 6.45) is 10.1. The van der Waals surface area contributed by atoms with Gasteiger partial charge >= 0.3 is 5.97 Å². The van der Waals surface area contributed by atoms with Crippen LogP contribution in [0.15, 0.2) is 42.5 Å². The van der Waals surface area contributed by atoms with Crippen molar-refractivity contribution in [2.45, 2.75) is 102 Å². The number of rotatable bonds is 19. The van der Waals surface area contributed by atoms with Gasteiger partial charge in [-0.2, -0.15) is 0 Å². The van der Waals surface area contributed by atoms with E-state index in [1.54, 1.807) is 44.2 Å². The minimum Gasteiger partial charge on any atom is -0.467 e. The number of unbranched alkanes of at least 4 members (excludes halogenated alkanes) is 4. The quantitative estimate of drug-likeness (QED) is 0.107. The van der Waals surface area contributed by atoms with E-state index in [2.05, 4.69) is 12.2 Å². The van der Waals surface area contributed by atoms with E-state index in [9.17, 15) is 14.4 Å². The summed E-state index contributed by atoms with van der Waals surface area (Å²) in [5.41, 5.74) is -1.34. The number of benzene rings is 1. The van der Waals surface area contributed by atoms with Gasteiger partial charge in [-0.05, 0) is 51.7 Å². The molecule has 0 spiro atoms. The number of esters is 1. The highest BCUT2D eigenvalue weighted by Crippen LogP contribution is 2.37. The average Bonchev–Trinajstić information content (AvgIpc) is 3.26. The summed E-state index contributed by atoms with van der Waals surface area (Å²) in [5, 5.41) is 2.85. The number of hydrogen-bond acceptors (Lipinski definition) is 8. The number of ether oxygens (including phenoxy) is 5. The van der Waals surface area contributed by atoms with Gasteiger partial charge in [-0.3, -0.25) is 9.59 Å². The van der Waals surface area contributed by atoms with Crippen LogP contribution in [0.25, 0.3) is 0 Å². The first-order valence-corrected chi connectivity index (χ1v) is 14.2. The Morgan fingerprint density at radius 3 is 2.40 bits per heavy atom. The fourth-order valence-electron chi connectivity index (χ4n) is 4.81. The molecule has 0 radical (unpaired) electrons. The van der Waals surface area contributed by atoms with Gasteiger partial charge in [0.1, 0.15) is 18.7 Å². The molecule has 1 saturated heterocycles. The highest BCUT2D eigenvalue weighted by atomic mass is 16.8. The number of amides is 1. The number of methoxy groups -OCH3 is 2. The zero-order valence-electron chi connectivity index (χ0n) is 24.7. The van der Waals surface area contributed by atoms with Gasteiger partial charge < -0.3 is 29.0 Å². The predicted molar refractivity (Wildman–Crippen MR) is 152 cm³/mol. The molecule has 3 atom stereocenters. The van der Waals surface area contributed by atoms with E-state index in [0.717, 1.165) is 32.1 Å². The minimum atomic E-state index is -1.71. The molecule has 0 saturated carbocycles. The van der Waals surface area contributed by atoms with Crippen LogP contribution in [0.3, 0.4) is 0 Å². The number of carbonyl (C=O) groups is 3. The maximum absolute atomic E-state index is 13.4. The lowest BCUT2D eigenvalue weighted by Crippen LogP contribution is -2.67. The van der Waals surface area contributed by atoms with Crippen molar-refractivity contribution in [1.82, 2.24) is 5.32 Å². The first-order valence-electron chi connectivity index (χ1n) is 14.2. The van der Waals surface area contributed by atoms with Crippen LogP contribution < -0.4 is 5.32 Å². The molecule has 9 heteroatoms. The van der Waals surface area contributed by atoms with Crippen molar-refractivity contribution in [3.63, 3.8) is 0 Å². The standard InChI is InChI=1S/C31H47NO8/c1-6-7-8-14-19-25(33)20-15-9-10-16-21-26-27(40-30(2,3)39-26)31(29(35)37-5,22-38-23-36-4)32-28(34)24-17-12-11-13-18-24/h10-13,16-18,26-27H,6-9,14-15,19-23H2,1-5H3,(H,32,34)/b16-10+/t26-,27+,31+/m1/s1. The van der Waals surface area contributed by atoms with Crippen LogP contribution in [-0.2, 0) is 33.3 Å².